The second-order valence-electron chi connectivity index (χ2n) is 5.62. The van der Waals surface area contributed by atoms with Gasteiger partial charge in [-0.25, -0.2) is 4.79 Å². The van der Waals surface area contributed by atoms with Gasteiger partial charge in [0.05, 0.1) is 0 Å². The van der Waals surface area contributed by atoms with Crippen molar-refractivity contribution in [1.82, 2.24) is 4.98 Å². The molecular weight excluding hydrogens is 282 g/mol. The molecule has 1 atom stereocenters. The first-order chi connectivity index (χ1) is 11.3. The largest absolute Gasteiger partial charge is 0.261 e. The zero-order valence-electron chi connectivity index (χ0n) is 13.2. The number of allylic oxidation sites excluding steroid dienone is 1. The molecule has 0 saturated heterocycles. The molecule has 1 aromatic carbocycles. The number of terminal acetylenes is 1. The highest BCUT2D eigenvalue weighted by Crippen LogP contribution is 2.26. The first kappa shape index (κ1) is 16.7. The van der Waals surface area contributed by atoms with E-state index in [0.717, 1.165) is 42.5 Å². The lowest BCUT2D eigenvalue weighted by Gasteiger charge is -2.16. The minimum absolute atomic E-state index is 0.365. The van der Waals surface area contributed by atoms with Crippen LogP contribution in [0.3, 0.4) is 0 Å². The maximum absolute atomic E-state index is 11.4. The van der Waals surface area contributed by atoms with Crippen molar-refractivity contribution in [3.8, 4) is 12.3 Å². The number of pyridine rings is 1. The van der Waals surface area contributed by atoms with Crippen molar-refractivity contribution in [2.45, 2.75) is 32.1 Å². The van der Waals surface area contributed by atoms with Gasteiger partial charge in [0.1, 0.15) is 5.94 Å². The van der Waals surface area contributed by atoms with E-state index in [-0.39, 0.29) is 0 Å². The lowest BCUT2D eigenvalue weighted by atomic mass is 9.88. The third-order valence-corrected chi connectivity index (χ3v) is 3.97. The van der Waals surface area contributed by atoms with Crippen molar-refractivity contribution in [2.24, 2.45) is 5.92 Å². The number of benzene rings is 1. The minimum atomic E-state index is 0.365. The number of rotatable bonds is 8. The highest BCUT2D eigenvalue weighted by Gasteiger charge is 2.14. The van der Waals surface area contributed by atoms with Crippen LogP contribution in [-0.4, -0.2) is 10.9 Å². The maximum atomic E-state index is 11.4. The Bertz CT molecular complexity index is 679. The first-order valence-corrected chi connectivity index (χ1v) is 7.96. The monoisotopic (exact) mass is 303 g/mol. The molecule has 0 aliphatic carbocycles. The van der Waals surface area contributed by atoms with Gasteiger partial charge in [-0.2, -0.15) is 0 Å². The van der Waals surface area contributed by atoms with Crippen LogP contribution in [-0.2, 0) is 11.2 Å². The summed E-state index contributed by atoms with van der Waals surface area (Å²) in [4.78, 5) is 15.7. The fraction of sp³-hybridized carbons (Fsp3) is 0.286. The van der Waals surface area contributed by atoms with Crippen LogP contribution in [0.15, 0.2) is 54.7 Å². The summed E-state index contributed by atoms with van der Waals surface area (Å²) in [6.45, 7) is 0. The lowest BCUT2D eigenvalue weighted by molar-refractivity contribution is 0.465. The van der Waals surface area contributed by atoms with E-state index in [1.165, 1.54) is 0 Å². The summed E-state index contributed by atoms with van der Waals surface area (Å²) < 4.78 is 0. The van der Waals surface area contributed by atoms with Crippen LogP contribution in [0.4, 0.5) is 0 Å². The Balaban J connectivity index is 2.02. The minimum Gasteiger partial charge on any atom is -0.261 e. The lowest BCUT2D eigenvalue weighted by Crippen LogP contribution is -2.05. The molecule has 0 N–H and O–H groups in total. The normalized spacial score (nSPS) is 11.3. The van der Waals surface area contributed by atoms with Gasteiger partial charge < -0.3 is 0 Å². The molecule has 0 bridgehead atoms. The molecule has 1 heterocycles. The highest BCUT2D eigenvalue weighted by atomic mass is 16.1. The van der Waals surface area contributed by atoms with Crippen LogP contribution in [0.1, 0.15) is 36.9 Å². The van der Waals surface area contributed by atoms with Gasteiger partial charge in [-0.05, 0) is 49.3 Å². The van der Waals surface area contributed by atoms with Gasteiger partial charge in [-0.3, -0.25) is 4.98 Å². The molecule has 2 rings (SSSR count). The number of hydrogen-bond donors (Lipinski definition) is 0. The summed E-state index contributed by atoms with van der Waals surface area (Å²) in [5.41, 5.74) is 2.76. The van der Waals surface area contributed by atoms with Crippen molar-refractivity contribution in [3.05, 3.63) is 66.0 Å². The topological polar surface area (TPSA) is 30.0 Å². The van der Waals surface area contributed by atoms with Crippen molar-refractivity contribution in [1.29, 1.82) is 0 Å². The van der Waals surface area contributed by atoms with Crippen LogP contribution in [0, 0.1) is 18.3 Å². The molecule has 0 spiro atoms. The van der Waals surface area contributed by atoms with Gasteiger partial charge in [0.2, 0.25) is 0 Å². The summed E-state index contributed by atoms with van der Waals surface area (Å²) in [7, 11) is 0. The second-order valence-corrected chi connectivity index (χ2v) is 5.62. The van der Waals surface area contributed by atoms with Gasteiger partial charge in [-0.15, -0.1) is 12.3 Å². The molecule has 0 fully saturated rings. The summed E-state index contributed by atoms with van der Waals surface area (Å²) in [6, 6.07) is 15.7. The Kier molecular flexibility index (Phi) is 6.85. The maximum Gasteiger partial charge on any atom is 0.128 e. The smallest absolute Gasteiger partial charge is 0.128 e. The van der Waals surface area contributed by atoms with Gasteiger partial charge in [0.15, 0.2) is 0 Å². The second kappa shape index (κ2) is 9.41. The molecule has 1 aromatic heterocycles. The molecule has 0 radical (unpaired) electrons. The number of hydrogen-bond acceptors (Lipinski definition) is 2. The standard InChI is InChI=1S/C21H21NO/c1-2-3-9-18(13-14-21-12-7-8-15-22-21)16-20(17-23)19-10-5-4-6-11-19/h1,4-8,10-12,15,18H,3,9,13-14,16H2/t18-/m1/s1. The summed E-state index contributed by atoms with van der Waals surface area (Å²) in [6.07, 6.45) is 11.5. The molecule has 116 valence electrons. The molecule has 2 aromatic rings. The van der Waals surface area contributed by atoms with E-state index < -0.39 is 0 Å². The third kappa shape index (κ3) is 5.58. The number of carbonyl (C=O) groups excluding carboxylic acids is 1. The quantitative estimate of drug-likeness (QED) is 0.536. The average Bonchev–Trinajstić information content (AvgIpc) is 2.63. The average molecular weight is 303 g/mol. The predicted octanol–water partition coefficient (Wildman–Crippen LogP) is 4.35. The van der Waals surface area contributed by atoms with Crippen LogP contribution >= 0.6 is 0 Å². The van der Waals surface area contributed by atoms with E-state index >= 15 is 0 Å². The van der Waals surface area contributed by atoms with E-state index in [9.17, 15) is 4.79 Å². The van der Waals surface area contributed by atoms with Gasteiger partial charge in [0, 0.05) is 23.9 Å². The Morgan fingerprint density at radius 1 is 1.09 bits per heavy atom. The fourth-order valence-electron chi connectivity index (χ4n) is 2.68. The Hall–Kier alpha value is -2.62. The summed E-state index contributed by atoms with van der Waals surface area (Å²) in [5, 5.41) is 0. The molecule has 2 heteroatoms. The van der Waals surface area contributed by atoms with E-state index in [1.807, 2.05) is 54.7 Å². The molecule has 23 heavy (non-hydrogen) atoms. The van der Waals surface area contributed by atoms with Crippen molar-refractivity contribution in [2.75, 3.05) is 0 Å². The first-order valence-electron chi connectivity index (χ1n) is 7.96. The van der Waals surface area contributed by atoms with E-state index in [0.29, 0.717) is 12.3 Å². The molecular formula is C21H21NO. The Morgan fingerprint density at radius 3 is 2.52 bits per heavy atom. The van der Waals surface area contributed by atoms with E-state index in [2.05, 4.69) is 16.8 Å². The zero-order chi connectivity index (χ0) is 16.3. The predicted molar refractivity (Wildman–Crippen MR) is 94.3 cm³/mol. The Labute approximate surface area is 138 Å². The van der Waals surface area contributed by atoms with E-state index in [1.54, 1.807) is 0 Å². The van der Waals surface area contributed by atoms with Crippen LogP contribution in [0.5, 0.6) is 0 Å². The van der Waals surface area contributed by atoms with Crippen molar-refractivity contribution in [3.63, 3.8) is 0 Å². The summed E-state index contributed by atoms with van der Waals surface area (Å²) in [5.74, 6) is 5.19. The van der Waals surface area contributed by atoms with Crippen molar-refractivity contribution >= 4 is 11.5 Å². The molecule has 0 amide bonds. The molecule has 0 aliphatic rings. The fourth-order valence-corrected chi connectivity index (χ4v) is 2.68. The zero-order valence-corrected chi connectivity index (χ0v) is 13.2. The molecule has 0 saturated carbocycles. The van der Waals surface area contributed by atoms with Gasteiger partial charge in [-0.1, -0.05) is 36.4 Å². The highest BCUT2D eigenvalue weighted by molar-refractivity contribution is 5.87. The number of aryl methyl sites for hydroxylation is 1. The molecule has 2 nitrogen and oxygen atoms in total. The van der Waals surface area contributed by atoms with Crippen LogP contribution < -0.4 is 0 Å². The number of aromatic nitrogens is 1. The van der Waals surface area contributed by atoms with Gasteiger partial charge >= 0.3 is 0 Å². The SMILES string of the molecule is C#CCC[C@H](CCc1ccccn1)CC(=C=O)c1ccccc1. The van der Waals surface area contributed by atoms with Gasteiger partial charge in [0.25, 0.3) is 0 Å². The molecule has 0 unspecified atom stereocenters. The summed E-state index contributed by atoms with van der Waals surface area (Å²) >= 11 is 0. The number of nitrogens with zero attached hydrogens (tertiary/aromatic N) is 1. The van der Waals surface area contributed by atoms with E-state index in [4.69, 9.17) is 6.42 Å². The van der Waals surface area contributed by atoms with Crippen molar-refractivity contribution < 1.29 is 4.79 Å². The van der Waals surface area contributed by atoms with Crippen LogP contribution in [0.25, 0.3) is 5.57 Å². The molecule has 0 aliphatic heterocycles. The van der Waals surface area contributed by atoms with Crippen LogP contribution in [0.2, 0.25) is 0 Å². The third-order valence-electron chi connectivity index (χ3n) is 3.97. The Morgan fingerprint density at radius 2 is 1.87 bits per heavy atom.